The third-order valence-electron chi connectivity index (χ3n) is 6.76. The van der Waals surface area contributed by atoms with Gasteiger partial charge in [-0.15, -0.1) is 0 Å². The minimum atomic E-state index is -0.150. The first kappa shape index (κ1) is 19.5. The molecule has 1 aliphatic rings. The van der Waals surface area contributed by atoms with Crippen LogP contribution in [0.5, 0.6) is 0 Å². The first-order valence-electron chi connectivity index (χ1n) is 10.8. The Kier molecular flexibility index (Phi) is 4.81. The average molecular weight is 415 g/mol. The van der Waals surface area contributed by atoms with Crippen molar-refractivity contribution in [1.82, 2.24) is 24.9 Å². The highest BCUT2D eigenvalue weighted by molar-refractivity contribution is 5.93. The number of rotatable bonds is 6. The monoisotopic (exact) mass is 415 g/mol. The van der Waals surface area contributed by atoms with Crippen molar-refractivity contribution in [2.24, 2.45) is 5.41 Å². The summed E-state index contributed by atoms with van der Waals surface area (Å²) >= 11 is 0. The Bertz CT molecular complexity index is 1320. The van der Waals surface area contributed by atoms with Gasteiger partial charge in [-0.2, -0.15) is 5.10 Å². The van der Waals surface area contributed by atoms with E-state index in [1.165, 1.54) is 0 Å². The molecule has 4 aromatic rings. The zero-order valence-electron chi connectivity index (χ0n) is 17.5. The Labute approximate surface area is 179 Å². The maximum Gasteiger partial charge on any atom is 0.272 e. The Hall–Kier alpha value is -3.48. The molecular formula is C24H25N5O2. The fraction of sp³-hybridized carbons (Fsp3) is 0.333. The molecule has 1 amide bonds. The van der Waals surface area contributed by atoms with E-state index in [2.05, 4.69) is 27.4 Å². The number of hydrogen-bond acceptors (Lipinski definition) is 4. The molecule has 158 valence electrons. The number of carbonyl (C=O) groups is 1. The number of imidazole rings is 1. The van der Waals surface area contributed by atoms with Gasteiger partial charge in [0.05, 0.1) is 17.3 Å². The number of fused-ring (bicyclic) bond motifs is 2. The van der Waals surface area contributed by atoms with E-state index in [1.54, 1.807) is 6.20 Å². The fourth-order valence-corrected chi connectivity index (χ4v) is 4.86. The first-order chi connectivity index (χ1) is 15.1. The lowest BCUT2D eigenvalue weighted by atomic mass is 9.61. The highest BCUT2D eigenvalue weighted by Gasteiger charge is 2.43. The molecule has 0 bridgehead atoms. The summed E-state index contributed by atoms with van der Waals surface area (Å²) in [7, 11) is 0. The predicted octanol–water partition coefficient (Wildman–Crippen LogP) is 3.49. The zero-order chi connectivity index (χ0) is 21.4. The van der Waals surface area contributed by atoms with Gasteiger partial charge in [0, 0.05) is 17.6 Å². The van der Waals surface area contributed by atoms with Crippen molar-refractivity contribution in [2.75, 3.05) is 0 Å². The van der Waals surface area contributed by atoms with Crippen LogP contribution in [0.3, 0.4) is 0 Å². The molecule has 7 heteroatoms. The molecule has 0 atom stereocenters. The summed E-state index contributed by atoms with van der Waals surface area (Å²) in [6.45, 7) is 2.21. The molecule has 1 fully saturated rings. The van der Waals surface area contributed by atoms with Gasteiger partial charge >= 0.3 is 0 Å². The summed E-state index contributed by atoms with van der Waals surface area (Å²) in [5, 5.41) is 11.7. The highest BCUT2D eigenvalue weighted by atomic mass is 16.2. The number of pyridine rings is 1. The van der Waals surface area contributed by atoms with E-state index >= 15 is 0 Å². The number of carbonyl (C=O) groups excluding carboxylic acids is 1. The standard InChI is InChI=1S/C24H25N5O2/c1-2-24(11-10-19-17-7-3-4-8-18(17)22(30)28-27-19)13-16(14-24)26-23(31)20-15-25-21-9-5-6-12-29(20)21/h3-9,12,15-16H,2,10-11,13-14H2,1H3,(H,26,31)(H,28,30). The summed E-state index contributed by atoms with van der Waals surface area (Å²) in [6.07, 6.45) is 8.23. The zero-order valence-corrected chi connectivity index (χ0v) is 17.5. The maximum atomic E-state index is 12.8. The van der Waals surface area contributed by atoms with Crippen LogP contribution < -0.4 is 10.9 Å². The minimum Gasteiger partial charge on any atom is -0.348 e. The molecule has 0 spiro atoms. The van der Waals surface area contributed by atoms with Gasteiger partial charge in [-0.3, -0.25) is 14.0 Å². The second-order valence-electron chi connectivity index (χ2n) is 8.55. The van der Waals surface area contributed by atoms with Crippen molar-refractivity contribution >= 4 is 22.3 Å². The van der Waals surface area contributed by atoms with Gasteiger partial charge in [-0.1, -0.05) is 37.6 Å². The topological polar surface area (TPSA) is 92.1 Å². The third-order valence-corrected chi connectivity index (χ3v) is 6.76. The van der Waals surface area contributed by atoms with Gasteiger partial charge in [0.15, 0.2) is 0 Å². The van der Waals surface area contributed by atoms with Crippen molar-refractivity contribution in [2.45, 2.75) is 45.1 Å². The third kappa shape index (κ3) is 3.50. The number of benzene rings is 1. The van der Waals surface area contributed by atoms with Crippen LogP contribution in [0.25, 0.3) is 16.4 Å². The number of aryl methyl sites for hydroxylation is 1. The molecule has 0 aliphatic heterocycles. The number of aromatic amines is 1. The van der Waals surface area contributed by atoms with Gasteiger partial charge in [-0.05, 0) is 49.3 Å². The van der Waals surface area contributed by atoms with Crippen LogP contribution in [0.2, 0.25) is 0 Å². The smallest absolute Gasteiger partial charge is 0.272 e. The molecule has 1 saturated carbocycles. The van der Waals surface area contributed by atoms with E-state index in [1.807, 2.05) is 53.1 Å². The fourth-order valence-electron chi connectivity index (χ4n) is 4.86. The Morgan fingerprint density at radius 2 is 1.97 bits per heavy atom. The Morgan fingerprint density at radius 1 is 1.19 bits per heavy atom. The maximum absolute atomic E-state index is 12.8. The van der Waals surface area contributed by atoms with E-state index in [0.29, 0.717) is 11.1 Å². The van der Waals surface area contributed by atoms with Gasteiger partial charge in [-0.25, -0.2) is 10.1 Å². The number of aromatic nitrogens is 4. The van der Waals surface area contributed by atoms with Gasteiger partial charge in [0.2, 0.25) is 0 Å². The number of hydrogen-bond donors (Lipinski definition) is 2. The van der Waals surface area contributed by atoms with Crippen molar-refractivity contribution < 1.29 is 4.79 Å². The molecular weight excluding hydrogens is 390 g/mol. The second-order valence-corrected chi connectivity index (χ2v) is 8.55. The summed E-state index contributed by atoms with van der Waals surface area (Å²) in [6, 6.07) is 13.5. The number of nitrogens with one attached hydrogen (secondary N) is 2. The molecule has 31 heavy (non-hydrogen) atoms. The lowest BCUT2D eigenvalue weighted by Gasteiger charge is -2.48. The van der Waals surface area contributed by atoms with E-state index in [4.69, 9.17) is 0 Å². The largest absolute Gasteiger partial charge is 0.348 e. The summed E-state index contributed by atoms with van der Waals surface area (Å²) < 4.78 is 1.81. The molecule has 7 nitrogen and oxygen atoms in total. The quantitative estimate of drug-likeness (QED) is 0.504. The SMILES string of the molecule is CCC1(CCc2n[nH]c(=O)c3ccccc23)CC(NC(=O)c2cnc3ccccn23)C1. The molecule has 5 rings (SSSR count). The Balaban J connectivity index is 1.24. The molecule has 0 unspecified atom stereocenters. The number of H-pyrrole nitrogens is 1. The van der Waals surface area contributed by atoms with Crippen LogP contribution in [0, 0.1) is 5.41 Å². The van der Waals surface area contributed by atoms with Crippen LogP contribution in [-0.2, 0) is 6.42 Å². The van der Waals surface area contributed by atoms with E-state index in [0.717, 1.165) is 48.8 Å². The average Bonchev–Trinajstić information content (AvgIpc) is 3.21. The molecule has 0 saturated heterocycles. The number of amides is 1. The normalized spacial score (nSPS) is 20.6. The van der Waals surface area contributed by atoms with Gasteiger partial charge in [0.25, 0.3) is 11.5 Å². The summed E-state index contributed by atoms with van der Waals surface area (Å²) in [4.78, 5) is 29.1. The predicted molar refractivity (Wildman–Crippen MR) is 119 cm³/mol. The molecule has 1 aromatic carbocycles. The van der Waals surface area contributed by atoms with Crippen LogP contribution >= 0.6 is 0 Å². The molecule has 3 aromatic heterocycles. The van der Waals surface area contributed by atoms with Crippen LogP contribution in [0.1, 0.15) is 48.8 Å². The van der Waals surface area contributed by atoms with Crippen LogP contribution in [0.15, 0.2) is 59.7 Å². The second kappa shape index (κ2) is 7.65. The lowest BCUT2D eigenvalue weighted by molar-refractivity contribution is 0.0568. The summed E-state index contributed by atoms with van der Waals surface area (Å²) in [5.74, 6) is -0.0818. The van der Waals surface area contributed by atoms with Crippen molar-refractivity contribution in [1.29, 1.82) is 0 Å². The first-order valence-corrected chi connectivity index (χ1v) is 10.8. The molecule has 3 heterocycles. The molecule has 0 radical (unpaired) electrons. The van der Waals surface area contributed by atoms with E-state index < -0.39 is 0 Å². The molecule has 2 N–H and O–H groups in total. The van der Waals surface area contributed by atoms with Gasteiger partial charge in [0.1, 0.15) is 11.3 Å². The number of nitrogens with zero attached hydrogens (tertiary/aromatic N) is 3. The van der Waals surface area contributed by atoms with Crippen LogP contribution in [-0.4, -0.2) is 31.5 Å². The van der Waals surface area contributed by atoms with Crippen molar-refractivity contribution in [3.8, 4) is 0 Å². The van der Waals surface area contributed by atoms with Crippen molar-refractivity contribution in [3.05, 3.63) is 76.6 Å². The lowest BCUT2D eigenvalue weighted by Crippen LogP contribution is -2.51. The summed E-state index contributed by atoms with van der Waals surface area (Å²) in [5.41, 5.74) is 2.30. The van der Waals surface area contributed by atoms with Crippen molar-refractivity contribution in [3.63, 3.8) is 0 Å². The van der Waals surface area contributed by atoms with E-state index in [-0.39, 0.29) is 22.9 Å². The minimum absolute atomic E-state index is 0.0818. The molecule has 1 aliphatic carbocycles. The van der Waals surface area contributed by atoms with Crippen LogP contribution in [0.4, 0.5) is 0 Å². The Morgan fingerprint density at radius 3 is 2.77 bits per heavy atom. The van der Waals surface area contributed by atoms with E-state index in [9.17, 15) is 9.59 Å². The highest BCUT2D eigenvalue weighted by Crippen LogP contribution is 2.47. The van der Waals surface area contributed by atoms with Gasteiger partial charge < -0.3 is 5.32 Å².